The van der Waals surface area contributed by atoms with Crippen molar-refractivity contribution < 1.29 is 14.3 Å². The summed E-state index contributed by atoms with van der Waals surface area (Å²) in [5.74, 6) is 1.66. The maximum Gasteiger partial charge on any atom is 0.244 e. The van der Waals surface area contributed by atoms with Gasteiger partial charge >= 0.3 is 0 Å². The lowest BCUT2D eigenvalue weighted by Crippen LogP contribution is -2.55. The molecule has 1 unspecified atom stereocenters. The Morgan fingerprint density at radius 3 is 2.60 bits per heavy atom. The van der Waals surface area contributed by atoms with Crippen LogP contribution in [0.15, 0.2) is 48.5 Å². The monoisotopic (exact) mass is 340 g/mol. The van der Waals surface area contributed by atoms with Gasteiger partial charge in [-0.1, -0.05) is 24.3 Å². The third kappa shape index (κ3) is 3.61. The normalized spacial score (nSPS) is 18.3. The predicted octanol–water partition coefficient (Wildman–Crippen LogP) is 2.94. The average molecular weight is 340 g/mol. The van der Waals surface area contributed by atoms with E-state index in [1.54, 1.807) is 14.2 Å². The summed E-state index contributed by atoms with van der Waals surface area (Å²) in [6.07, 6.45) is 0. The summed E-state index contributed by atoms with van der Waals surface area (Å²) in [5, 5.41) is 0. The molecule has 1 heterocycles. The molecule has 0 bridgehead atoms. The summed E-state index contributed by atoms with van der Waals surface area (Å²) >= 11 is 0. The molecule has 1 fully saturated rings. The lowest BCUT2D eigenvalue weighted by Gasteiger charge is -2.39. The fraction of sp³-hybridized carbons (Fsp3) is 0.350. The molecule has 3 rings (SSSR count). The molecule has 0 spiro atoms. The van der Waals surface area contributed by atoms with E-state index in [0.717, 1.165) is 35.8 Å². The minimum atomic E-state index is -0.190. The summed E-state index contributed by atoms with van der Waals surface area (Å²) in [7, 11) is 3.29. The molecule has 0 N–H and O–H groups in total. The Morgan fingerprint density at radius 2 is 1.84 bits per heavy atom. The standard InChI is InChI=1S/C20H24N2O3/c1-15-20(23)22(18-9-4-5-10-19(18)25-3)12-11-21(15)14-16-7-6-8-17(13-16)24-2/h4-10,13,15H,11-12,14H2,1-3H3. The first-order valence-corrected chi connectivity index (χ1v) is 8.45. The molecular formula is C20H24N2O3. The number of carbonyl (C=O) groups excluding carboxylic acids is 1. The van der Waals surface area contributed by atoms with Crippen molar-refractivity contribution in [2.75, 3.05) is 32.2 Å². The van der Waals surface area contributed by atoms with Gasteiger partial charge in [-0.05, 0) is 36.8 Å². The van der Waals surface area contributed by atoms with Gasteiger partial charge in [-0.25, -0.2) is 0 Å². The number of amides is 1. The smallest absolute Gasteiger partial charge is 0.244 e. The number of methoxy groups -OCH3 is 2. The van der Waals surface area contributed by atoms with E-state index in [-0.39, 0.29) is 11.9 Å². The molecule has 0 aromatic heterocycles. The molecule has 1 aliphatic rings. The highest BCUT2D eigenvalue weighted by molar-refractivity contribution is 5.98. The van der Waals surface area contributed by atoms with E-state index in [4.69, 9.17) is 9.47 Å². The van der Waals surface area contributed by atoms with E-state index >= 15 is 0 Å². The molecule has 25 heavy (non-hydrogen) atoms. The number of para-hydroxylation sites is 2. The zero-order valence-corrected chi connectivity index (χ0v) is 14.9. The van der Waals surface area contributed by atoms with Crippen LogP contribution in [0.5, 0.6) is 11.5 Å². The largest absolute Gasteiger partial charge is 0.497 e. The van der Waals surface area contributed by atoms with Crippen molar-refractivity contribution in [3.63, 3.8) is 0 Å². The minimum absolute atomic E-state index is 0.0960. The van der Waals surface area contributed by atoms with Gasteiger partial charge in [0.15, 0.2) is 0 Å². The Bertz CT molecular complexity index is 747. The van der Waals surface area contributed by atoms with Crippen molar-refractivity contribution in [2.45, 2.75) is 19.5 Å². The van der Waals surface area contributed by atoms with E-state index in [1.807, 2.05) is 54.3 Å². The van der Waals surface area contributed by atoms with Gasteiger partial charge < -0.3 is 14.4 Å². The second-order valence-corrected chi connectivity index (χ2v) is 6.16. The first-order valence-electron chi connectivity index (χ1n) is 8.45. The number of anilines is 1. The Balaban J connectivity index is 1.75. The van der Waals surface area contributed by atoms with Crippen molar-refractivity contribution >= 4 is 11.6 Å². The van der Waals surface area contributed by atoms with Crippen LogP contribution < -0.4 is 14.4 Å². The number of rotatable bonds is 5. The number of hydrogen-bond acceptors (Lipinski definition) is 4. The highest BCUT2D eigenvalue weighted by Gasteiger charge is 2.33. The highest BCUT2D eigenvalue weighted by atomic mass is 16.5. The number of ether oxygens (including phenoxy) is 2. The fourth-order valence-corrected chi connectivity index (χ4v) is 3.23. The summed E-state index contributed by atoms with van der Waals surface area (Å²) in [6.45, 7) is 4.14. The van der Waals surface area contributed by atoms with E-state index in [9.17, 15) is 4.79 Å². The van der Waals surface area contributed by atoms with E-state index in [1.165, 1.54) is 0 Å². The van der Waals surface area contributed by atoms with Gasteiger partial charge in [0.2, 0.25) is 5.91 Å². The zero-order valence-electron chi connectivity index (χ0n) is 14.9. The molecule has 1 atom stereocenters. The SMILES string of the molecule is COc1cccc(CN2CCN(c3ccccc3OC)C(=O)C2C)c1. The van der Waals surface area contributed by atoms with Gasteiger partial charge in [0.1, 0.15) is 11.5 Å². The van der Waals surface area contributed by atoms with Gasteiger partial charge in [0.25, 0.3) is 0 Å². The third-order valence-corrected chi connectivity index (χ3v) is 4.68. The molecule has 0 aliphatic carbocycles. The van der Waals surface area contributed by atoms with Crippen LogP contribution in [-0.2, 0) is 11.3 Å². The topological polar surface area (TPSA) is 42.0 Å². The molecule has 5 nitrogen and oxygen atoms in total. The second-order valence-electron chi connectivity index (χ2n) is 6.16. The molecule has 2 aromatic rings. The minimum Gasteiger partial charge on any atom is -0.497 e. The summed E-state index contributed by atoms with van der Waals surface area (Å²) in [6, 6.07) is 15.5. The van der Waals surface area contributed by atoms with Crippen molar-refractivity contribution in [3.05, 3.63) is 54.1 Å². The molecule has 5 heteroatoms. The number of nitrogens with zero attached hydrogens (tertiary/aromatic N) is 2. The van der Waals surface area contributed by atoms with Crippen LogP contribution in [-0.4, -0.2) is 44.2 Å². The van der Waals surface area contributed by atoms with Crippen molar-refractivity contribution in [3.8, 4) is 11.5 Å². The maximum absolute atomic E-state index is 12.9. The summed E-state index contributed by atoms with van der Waals surface area (Å²) in [5.41, 5.74) is 1.98. The van der Waals surface area contributed by atoms with Crippen LogP contribution in [0.2, 0.25) is 0 Å². The molecule has 1 aliphatic heterocycles. The van der Waals surface area contributed by atoms with Crippen LogP contribution in [0, 0.1) is 0 Å². The molecule has 1 saturated heterocycles. The average Bonchev–Trinajstić information content (AvgIpc) is 2.66. The van der Waals surface area contributed by atoms with Crippen LogP contribution in [0.4, 0.5) is 5.69 Å². The zero-order chi connectivity index (χ0) is 17.8. The lowest BCUT2D eigenvalue weighted by atomic mass is 10.1. The molecular weight excluding hydrogens is 316 g/mol. The Morgan fingerprint density at radius 1 is 1.04 bits per heavy atom. The molecule has 132 valence electrons. The van der Waals surface area contributed by atoms with Crippen LogP contribution in [0.1, 0.15) is 12.5 Å². The first-order chi connectivity index (χ1) is 12.1. The number of hydrogen-bond donors (Lipinski definition) is 0. The predicted molar refractivity (Wildman–Crippen MR) is 98.2 cm³/mol. The van der Waals surface area contributed by atoms with E-state index in [2.05, 4.69) is 11.0 Å². The molecule has 1 amide bonds. The van der Waals surface area contributed by atoms with E-state index < -0.39 is 0 Å². The molecule has 2 aromatic carbocycles. The van der Waals surface area contributed by atoms with E-state index in [0.29, 0.717) is 6.54 Å². The first kappa shape index (κ1) is 17.3. The van der Waals surface area contributed by atoms with Crippen molar-refractivity contribution in [2.24, 2.45) is 0 Å². The van der Waals surface area contributed by atoms with Gasteiger partial charge in [0, 0.05) is 19.6 Å². The quantitative estimate of drug-likeness (QED) is 0.839. The summed E-state index contributed by atoms with van der Waals surface area (Å²) < 4.78 is 10.7. The van der Waals surface area contributed by atoms with Crippen LogP contribution in [0.3, 0.4) is 0 Å². The Kier molecular flexibility index (Phi) is 5.24. The van der Waals surface area contributed by atoms with Crippen molar-refractivity contribution in [1.29, 1.82) is 0 Å². The maximum atomic E-state index is 12.9. The Labute approximate surface area is 148 Å². The highest BCUT2D eigenvalue weighted by Crippen LogP contribution is 2.30. The van der Waals surface area contributed by atoms with Crippen molar-refractivity contribution in [1.82, 2.24) is 4.90 Å². The van der Waals surface area contributed by atoms with Gasteiger partial charge in [0.05, 0.1) is 25.9 Å². The lowest BCUT2D eigenvalue weighted by molar-refractivity contribution is -0.125. The molecule has 0 radical (unpaired) electrons. The van der Waals surface area contributed by atoms with Gasteiger partial charge in [-0.2, -0.15) is 0 Å². The number of piperazine rings is 1. The Hall–Kier alpha value is -2.53. The van der Waals surface area contributed by atoms with Gasteiger partial charge in [-0.3, -0.25) is 9.69 Å². The second kappa shape index (κ2) is 7.57. The van der Waals surface area contributed by atoms with Crippen LogP contribution in [0.25, 0.3) is 0 Å². The molecule has 0 saturated carbocycles. The van der Waals surface area contributed by atoms with Gasteiger partial charge in [-0.15, -0.1) is 0 Å². The fourth-order valence-electron chi connectivity index (χ4n) is 3.23. The number of benzene rings is 2. The summed E-state index contributed by atoms with van der Waals surface area (Å²) in [4.78, 5) is 16.9. The third-order valence-electron chi connectivity index (χ3n) is 4.68. The van der Waals surface area contributed by atoms with Crippen LogP contribution >= 0.6 is 0 Å². The number of carbonyl (C=O) groups is 1.